The van der Waals surface area contributed by atoms with E-state index >= 15 is 0 Å². The highest BCUT2D eigenvalue weighted by atomic mass is 16.2. The van der Waals surface area contributed by atoms with Gasteiger partial charge in [-0.2, -0.15) is 0 Å². The smallest absolute Gasteiger partial charge is 0.240 e. The van der Waals surface area contributed by atoms with Crippen LogP contribution in [0.15, 0.2) is 0 Å². The van der Waals surface area contributed by atoms with Crippen LogP contribution in [0.4, 0.5) is 0 Å². The van der Waals surface area contributed by atoms with Crippen molar-refractivity contribution in [2.45, 2.75) is 52.6 Å². The summed E-state index contributed by atoms with van der Waals surface area (Å²) in [5.74, 6) is 0.771. The van der Waals surface area contributed by atoms with Crippen LogP contribution in [-0.4, -0.2) is 29.9 Å². The average molecular weight is 212 g/mol. The molecule has 2 N–H and O–H groups in total. The second-order valence-corrected chi connectivity index (χ2v) is 5.87. The second kappa shape index (κ2) is 4.12. The molecule has 1 aliphatic rings. The van der Waals surface area contributed by atoms with Crippen molar-refractivity contribution in [2.75, 3.05) is 7.05 Å². The minimum Gasteiger partial charge on any atom is -0.341 e. The summed E-state index contributed by atoms with van der Waals surface area (Å²) in [4.78, 5) is 13.9. The molecule has 15 heavy (non-hydrogen) atoms. The number of hydrogen-bond acceptors (Lipinski definition) is 2. The third-order valence-electron chi connectivity index (χ3n) is 3.46. The number of carbonyl (C=O) groups is 1. The van der Waals surface area contributed by atoms with Crippen molar-refractivity contribution >= 4 is 5.91 Å². The summed E-state index contributed by atoms with van der Waals surface area (Å²) in [6.07, 6.45) is 2.51. The van der Waals surface area contributed by atoms with E-state index in [2.05, 4.69) is 6.92 Å². The number of likely N-dealkylation sites (N-methyl/N-ethyl adjacent to an activating group) is 1. The molecular formula is C12H24N2O. The van der Waals surface area contributed by atoms with Crippen LogP contribution < -0.4 is 5.73 Å². The van der Waals surface area contributed by atoms with Gasteiger partial charge in [0.25, 0.3) is 0 Å². The van der Waals surface area contributed by atoms with Crippen molar-refractivity contribution in [1.29, 1.82) is 0 Å². The van der Waals surface area contributed by atoms with E-state index in [0.29, 0.717) is 12.0 Å². The molecule has 3 nitrogen and oxygen atoms in total. The molecular weight excluding hydrogens is 188 g/mol. The van der Waals surface area contributed by atoms with Gasteiger partial charge in [0.05, 0.1) is 6.04 Å². The normalized spacial score (nSPS) is 20.9. The quantitative estimate of drug-likeness (QED) is 0.772. The van der Waals surface area contributed by atoms with Gasteiger partial charge in [0, 0.05) is 13.1 Å². The molecule has 0 saturated heterocycles. The Hall–Kier alpha value is -0.570. The van der Waals surface area contributed by atoms with E-state index in [1.54, 1.807) is 0 Å². The standard InChI is InChI=1S/C12H24N2O/c1-8(9-6-7-9)14(5)11(15)10(13)12(2,3)4/h8-10H,6-7,13H2,1-5H3/t8?,10-/m0/s1. The lowest BCUT2D eigenvalue weighted by Gasteiger charge is -2.33. The minimum atomic E-state index is -0.399. The zero-order chi connectivity index (χ0) is 11.8. The van der Waals surface area contributed by atoms with E-state index in [0.717, 1.165) is 0 Å². The molecule has 3 heteroatoms. The third kappa shape index (κ3) is 2.94. The van der Waals surface area contributed by atoms with E-state index in [1.807, 2.05) is 32.7 Å². The van der Waals surface area contributed by atoms with Gasteiger partial charge in [0.15, 0.2) is 0 Å². The zero-order valence-electron chi connectivity index (χ0n) is 10.6. The first-order valence-electron chi connectivity index (χ1n) is 5.77. The number of hydrogen-bond donors (Lipinski definition) is 1. The van der Waals surface area contributed by atoms with Gasteiger partial charge >= 0.3 is 0 Å². The van der Waals surface area contributed by atoms with Gasteiger partial charge in [0.1, 0.15) is 0 Å². The van der Waals surface area contributed by atoms with E-state index in [1.165, 1.54) is 12.8 Å². The molecule has 0 aliphatic heterocycles. The summed E-state index contributed by atoms with van der Waals surface area (Å²) in [6.45, 7) is 8.13. The molecule has 1 rings (SSSR count). The molecule has 0 bridgehead atoms. The molecule has 0 spiro atoms. The highest BCUT2D eigenvalue weighted by Crippen LogP contribution is 2.35. The molecule has 1 unspecified atom stereocenters. The Bertz CT molecular complexity index is 240. The lowest BCUT2D eigenvalue weighted by Crippen LogP contribution is -2.51. The van der Waals surface area contributed by atoms with E-state index in [-0.39, 0.29) is 11.3 Å². The van der Waals surface area contributed by atoms with Crippen molar-refractivity contribution in [3.05, 3.63) is 0 Å². The summed E-state index contributed by atoms with van der Waals surface area (Å²) in [6, 6.07) is -0.0606. The Balaban J connectivity index is 2.58. The Kier molecular flexibility index (Phi) is 3.44. The summed E-state index contributed by atoms with van der Waals surface area (Å²) >= 11 is 0. The van der Waals surface area contributed by atoms with Crippen LogP contribution in [-0.2, 0) is 4.79 Å². The Morgan fingerprint density at radius 1 is 1.40 bits per heavy atom. The summed E-state index contributed by atoms with van der Waals surface area (Å²) < 4.78 is 0. The predicted octanol–water partition coefficient (Wildman–Crippen LogP) is 1.62. The summed E-state index contributed by atoms with van der Waals surface area (Å²) in [5, 5.41) is 0. The third-order valence-corrected chi connectivity index (χ3v) is 3.46. The lowest BCUT2D eigenvalue weighted by molar-refractivity contribution is -0.135. The highest BCUT2D eigenvalue weighted by Gasteiger charge is 2.36. The molecule has 0 aromatic carbocycles. The van der Waals surface area contributed by atoms with Crippen LogP contribution in [0.3, 0.4) is 0 Å². The number of nitrogens with two attached hydrogens (primary N) is 1. The molecule has 0 aromatic heterocycles. The highest BCUT2D eigenvalue weighted by molar-refractivity contribution is 5.82. The first kappa shape index (κ1) is 12.5. The fraction of sp³-hybridized carbons (Fsp3) is 0.917. The number of nitrogens with zero attached hydrogens (tertiary/aromatic N) is 1. The van der Waals surface area contributed by atoms with Crippen LogP contribution in [0.25, 0.3) is 0 Å². The maximum Gasteiger partial charge on any atom is 0.240 e. The van der Waals surface area contributed by atoms with Crippen LogP contribution in [0.5, 0.6) is 0 Å². The van der Waals surface area contributed by atoms with E-state index < -0.39 is 6.04 Å². The van der Waals surface area contributed by atoms with Gasteiger partial charge < -0.3 is 10.6 Å². The van der Waals surface area contributed by atoms with Crippen molar-refractivity contribution in [3.8, 4) is 0 Å². The first-order valence-corrected chi connectivity index (χ1v) is 5.77. The number of carbonyl (C=O) groups excluding carboxylic acids is 1. The molecule has 1 amide bonds. The fourth-order valence-electron chi connectivity index (χ4n) is 1.69. The SMILES string of the molecule is CC(C1CC1)N(C)C(=O)[C@H](N)C(C)(C)C. The lowest BCUT2D eigenvalue weighted by atomic mass is 9.86. The molecule has 0 heterocycles. The minimum absolute atomic E-state index is 0.0712. The van der Waals surface area contributed by atoms with Gasteiger partial charge in [-0.25, -0.2) is 0 Å². The maximum absolute atomic E-state index is 12.1. The largest absolute Gasteiger partial charge is 0.341 e. The Labute approximate surface area is 93.0 Å². The Morgan fingerprint density at radius 2 is 1.87 bits per heavy atom. The topological polar surface area (TPSA) is 46.3 Å². The van der Waals surface area contributed by atoms with Crippen molar-refractivity contribution < 1.29 is 4.79 Å². The Morgan fingerprint density at radius 3 is 2.20 bits per heavy atom. The predicted molar refractivity (Wildman–Crippen MR) is 62.4 cm³/mol. The average Bonchev–Trinajstić information content (AvgIpc) is 2.94. The molecule has 1 fully saturated rings. The van der Waals surface area contributed by atoms with Crippen LogP contribution in [0.1, 0.15) is 40.5 Å². The fourth-order valence-corrected chi connectivity index (χ4v) is 1.69. The van der Waals surface area contributed by atoms with Crippen LogP contribution >= 0.6 is 0 Å². The van der Waals surface area contributed by atoms with Gasteiger partial charge in [-0.15, -0.1) is 0 Å². The molecule has 88 valence electrons. The van der Waals surface area contributed by atoms with Crippen LogP contribution in [0, 0.1) is 11.3 Å². The maximum atomic E-state index is 12.1. The molecule has 0 aromatic rings. The van der Waals surface area contributed by atoms with E-state index in [9.17, 15) is 4.79 Å². The summed E-state index contributed by atoms with van der Waals surface area (Å²) in [5.41, 5.74) is 5.80. The second-order valence-electron chi connectivity index (χ2n) is 5.87. The van der Waals surface area contributed by atoms with Gasteiger partial charge in [-0.3, -0.25) is 4.79 Å². The number of rotatable bonds is 3. The van der Waals surface area contributed by atoms with Gasteiger partial charge in [-0.1, -0.05) is 20.8 Å². The first-order chi connectivity index (χ1) is 6.75. The molecule has 2 atom stereocenters. The molecule has 1 aliphatic carbocycles. The van der Waals surface area contributed by atoms with Gasteiger partial charge in [0.2, 0.25) is 5.91 Å². The molecule has 1 saturated carbocycles. The number of amides is 1. The van der Waals surface area contributed by atoms with Crippen molar-refractivity contribution in [2.24, 2.45) is 17.1 Å². The zero-order valence-corrected chi connectivity index (χ0v) is 10.6. The van der Waals surface area contributed by atoms with E-state index in [4.69, 9.17) is 5.73 Å². The van der Waals surface area contributed by atoms with Crippen LogP contribution in [0.2, 0.25) is 0 Å². The molecule has 0 radical (unpaired) electrons. The van der Waals surface area contributed by atoms with Crippen molar-refractivity contribution in [3.63, 3.8) is 0 Å². The monoisotopic (exact) mass is 212 g/mol. The summed E-state index contributed by atoms with van der Waals surface area (Å²) in [7, 11) is 1.87. The van der Waals surface area contributed by atoms with Crippen molar-refractivity contribution in [1.82, 2.24) is 4.90 Å². The van der Waals surface area contributed by atoms with Gasteiger partial charge in [-0.05, 0) is 31.1 Å².